The lowest BCUT2D eigenvalue weighted by atomic mass is 10.1. The Bertz CT molecular complexity index is 549. The summed E-state index contributed by atoms with van der Waals surface area (Å²) in [5.41, 5.74) is 1.60. The number of carbonyl (C=O) groups is 1. The summed E-state index contributed by atoms with van der Waals surface area (Å²) in [5, 5.41) is 8.81. The molecule has 1 aromatic heterocycles. The van der Waals surface area contributed by atoms with Crippen LogP contribution in [0.1, 0.15) is 38.4 Å². The van der Waals surface area contributed by atoms with Crippen molar-refractivity contribution >= 4 is 5.91 Å². The molecular formula is C16H24N4O. The van der Waals surface area contributed by atoms with Gasteiger partial charge in [0.15, 0.2) is 0 Å². The van der Waals surface area contributed by atoms with E-state index in [1.807, 2.05) is 17.2 Å². The molecule has 0 saturated carbocycles. The van der Waals surface area contributed by atoms with Gasteiger partial charge in [0.05, 0.1) is 0 Å². The number of nitrogens with one attached hydrogen (secondary N) is 1. The lowest BCUT2D eigenvalue weighted by Gasteiger charge is -2.32. The van der Waals surface area contributed by atoms with Crippen LogP contribution in [0.15, 0.2) is 12.3 Å². The number of aromatic amines is 1. The van der Waals surface area contributed by atoms with Crippen LogP contribution in [-0.2, 0) is 11.3 Å². The monoisotopic (exact) mass is 288 g/mol. The second-order valence-electron chi connectivity index (χ2n) is 6.98. The highest BCUT2D eigenvalue weighted by Gasteiger charge is 2.36. The molecule has 1 atom stereocenters. The van der Waals surface area contributed by atoms with E-state index in [-0.39, 0.29) is 11.4 Å². The second kappa shape index (κ2) is 5.90. The summed E-state index contributed by atoms with van der Waals surface area (Å²) in [7, 11) is 2.06. The summed E-state index contributed by atoms with van der Waals surface area (Å²) >= 11 is 0. The molecule has 1 fully saturated rings. The summed E-state index contributed by atoms with van der Waals surface area (Å²) in [6, 6.07) is 3.97. The van der Waals surface area contributed by atoms with Crippen LogP contribution in [0.3, 0.4) is 0 Å². The molecule has 114 valence electrons. The predicted octanol–water partition coefficient (Wildman–Crippen LogP) is 1.97. The standard InChI is InChI=1S/C16H24N4O/c1-16(2,3)20-11-13(6-15(20)21)10-19(4)9-12-5-14(7-17)18-8-12/h5,8,13,18H,6,9-11H2,1-4H3/t13-/m0/s1. The minimum atomic E-state index is -0.0905. The lowest BCUT2D eigenvalue weighted by Crippen LogP contribution is -2.42. The molecule has 21 heavy (non-hydrogen) atoms. The maximum atomic E-state index is 12.1. The molecular weight excluding hydrogens is 264 g/mol. The number of hydrogen-bond acceptors (Lipinski definition) is 3. The molecule has 1 amide bonds. The quantitative estimate of drug-likeness (QED) is 0.921. The van der Waals surface area contributed by atoms with Crippen molar-refractivity contribution in [1.29, 1.82) is 5.26 Å². The molecule has 1 N–H and O–H groups in total. The van der Waals surface area contributed by atoms with E-state index in [0.717, 1.165) is 25.2 Å². The molecule has 5 nitrogen and oxygen atoms in total. The van der Waals surface area contributed by atoms with E-state index in [9.17, 15) is 4.79 Å². The summed E-state index contributed by atoms with van der Waals surface area (Å²) in [6.07, 6.45) is 2.51. The largest absolute Gasteiger partial charge is 0.353 e. The van der Waals surface area contributed by atoms with Crippen molar-refractivity contribution in [2.45, 2.75) is 39.3 Å². The predicted molar refractivity (Wildman–Crippen MR) is 81.4 cm³/mol. The molecule has 0 bridgehead atoms. The van der Waals surface area contributed by atoms with Gasteiger partial charge in [-0.3, -0.25) is 4.79 Å². The van der Waals surface area contributed by atoms with Crippen LogP contribution < -0.4 is 0 Å². The molecule has 0 aromatic carbocycles. The van der Waals surface area contributed by atoms with Gasteiger partial charge in [-0.05, 0) is 45.4 Å². The Morgan fingerprint density at radius 3 is 2.76 bits per heavy atom. The Hall–Kier alpha value is -1.80. The minimum Gasteiger partial charge on any atom is -0.353 e. The number of rotatable bonds is 4. The van der Waals surface area contributed by atoms with E-state index >= 15 is 0 Å². The fourth-order valence-electron chi connectivity index (χ4n) is 2.96. The van der Waals surface area contributed by atoms with Gasteiger partial charge in [-0.2, -0.15) is 5.26 Å². The zero-order valence-corrected chi connectivity index (χ0v) is 13.3. The van der Waals surface area contributed by atoms with Crippen LogP contribution in [0.25, 0.3) is 0 Å². The Balaban J connectivity index is 1.88. The highest BCUT2D eigenvalue weighted by molar-refractivity contribution is 5.79. The molecule has 1 saturated heterocycles. The number of nitriles is 1. The second-order valence-corrected chi connectivity index (χ2v) is 6.98. The van der Waals surface area contributed by atoms with Crippen molar-refractivity contribution in [3.8, 4) is 6.07 Å². The Labute approximate surface area is 126 Å². The first-order valence-electron chi connectivity index (χ1n) is 7.36. The maximum absolute atomic E-state index is 12.1. The zero-order valence-electron chi connectivity index (χ0n) is 13.3. The number of aromatic nitrogens is 1. The molecule has 1 aliphatic rings. The van der Waals surface area contributed by atoms with Gasteiger partial charge in [-0.1, -0.05) is 0 Å². The molecule has 2 rings (SSSR count). The summed E-state index contributed by atoms with van der Waals surface area (Å²) in [6.45, 7) is 8.77. The number of likely N-dealkylation sites (tertiary alicyclic amines) is 1. The fourth-order valence-corrected chi connectivity index (χ4v) is 2.96. The van der Waals surface area contributed by atoms with Gasteiger partial charge >= 0.3 is 0 Å². The molecule has 5 heteroatoms. The maximum Gasteiger partial charge on any atom is 0.223 e. The van der Waals surface area contributed by atoms with Gasteiger partial charge in [0.2, 0.25) is 5.91 Å². The number of H-pyrrole nitrogens is 1. The van der Waals surface area contributed by atoms with Gasteiger partial charge in [0, 0.05) is 37.8 Å². The van der Waals surface area contributed by atoms with Crippen molar-refractivity contribution in [3.63, 3.8) is 0 Å². The third-order valence-corrected chi connectivity index (χ3v) is 3.90. The molecule has 0 aliphatic carbocycles. The summed E-state index contributed by atoms with van der Waals surface area (Å²) < 4.78 is 0. The smallest absolute Gasteiger partial charge is 0.223 e. The highest BCUT2D eigenvalue weighted by Crippen LogP contribution is 2.26. The highest BCUT2D eigenvalue weighted by atomic mass is 16.2. The van der Waals surface area contributed by atoms with Crippen LogP contribution in [0.4, 0.5) is 0 Å². The van der Waals surface area contributed by atoms with Crippen molar-refractivity contribution in [3.05, 3.63) is 23.5 Å². The number of nitrogens with zero attached hydrogens (tertiary/aromatic N) is 3. The van der Waals surface area contributed by atoms with Crippen LogP contribution >= 0.6 is 0 Å². The first kappa shape index (κ1) is 15.6. The average Bonchev–Trinajstić information content (AvgIpc) is 2.95. The Morgan fingerprint density at radius 1 is 1.52 bits per heavy atom. The number of hydrogen-bond donors (Lipinski definition) is 1. The van der Waals surface area contributed by atoms with E-state index in [1.165, 1.54) is 0 Å². The third-order valence-electron chi connectivity index (χ3n) is 3.90. The van der Waals surface area contributed by atoms with Crippen LogP contribution in [0, 0.1) is 17.2 Å². The molecule has 1 aliphatic heterocycles. The van der Waals surface area contributed by atoms with Crippen LogP contribution in [0.2, 0.25) is 0 Å². The molecule has 0 unspecified atom stereocenters. The SMILES string of the molecule is CN(Cc1c[nH]c(C#N)c1)C[C@@H]1CC(=O)N(C(C)(C)C)C1. The molecule has 1 aromatic rings. The van der Waals surface area contributed by atoms with E-state index in [1.54, 1.807) is 0 Å². The van der Waals surface area contributed by atoms with E-state index in [0.29, 0.717) is 18.0 Å². The first-order chi connectivity index (χ1) is 9.79. The van der Waals surface area contributed by atoms with Gasteiger partial charge in [0.25, 0.3) is 0 Å². The molecule has 0 radical (unpaired) electrons. The van der Waals surface area contributed by atoms with Gasteiger partial charge < -0.3 is 14.8 Å². The van der Waals surface area contributed by atoms with E-state index in [2.05, 4.69) is 43.8 Å². The van der Waals surface area contributed by atoms with Gasteiger partial charge in [-0.25, -0.2) is 0 Å². The van der Waals surface area contributed by atoms with Crippen molar-refractivity contribution in [2.24, 2.45) is 5.92 Å². The number of amides is 1. The van der Waals surface area contributed by atoms with Crippen LogP contribution in [-0.4, -0.2) is 46.4 Å². The molecule has 2 heterocycles. The van der Waals surface area contributed by atoms with Crippen molar-refractivity contribution < 1.29 is 4.79 Å². The fraction of sp³-hybridized carbons (Fsp3) is 0.625. The Kier molecular flexibility index (Phi) is 4.38. The molecule has 0 spiro atoms. The Morgan fingerprint density at radius 2 is 2.24 bits per heavy atom. The first-order valence-corrected chi connectivity index (χ1v) is 7.36. The average molecular weight is 288 g/mol. The number of carbonyl (C=O) groups excluding carboxylic acids is 1. The normalized spacial score (nSPS) is 19.3. The summed E-state index contributed by atoms with van der Waals surface area (Å²) in [5.74, 6) is 0.644. The van der Waals surface area contributed by atoms with Crippen LogP contribution in [0.5, 0.6) is 0 Å². The zero-order chi connectivity index (χ0) is 15.6. The van der Waals surface area contributed by atoms with E-state index < -0.39 is 0 Å². The van der Waals surface area contributed by atoms with E-state index in [4.69, 9.17) is 5.26 Å². The van der Waals surface area contributed by atoms with Gasteiger partial charge in [-0.15, -0.1) is 0 Å². The summed E-state index contributed by atoms with van der Waals surface area (Å²) in [4.78, 5) is 19.2. The van der Waals surface area contributed by atoms with Crippen molar-refractivity contribution in [1.82, 2.24) is 14.8 Å². The topological polar surface area (TPSA) is 63.1 Å². The van der Waals surface area contributed by atoms with Gasteiger partial charge in [0.1, 0.15) is 11.8 Å². The van der Waals surface area contributed by atoms with Crippen molar-refractivity contribution in [2.75, 3.05) is 20.1 Å². The third kappa shape index (κ3) is 3.85. The lowest BCUT2D eigenvalue weighted by molar-refractivity contribution is -0.131. The minimum absolute atomic E-state index is 0.0905.